The Balaban J connectivity index is 3.07. The van der Waals surface area contributed by atoms with Gasteiger partial charge < -0.3 is 9.73 Å². The Kier molecular flexibility index (Phi) is 6.27. The second-order valence-electron chi connectivity index (χ2n) is 4.46. The number of sulfonamides is 1. The van der Waals surface area contributed by atoms with Crippen molar-refractivity contribution in [3.63, 3.8) is 0 Å². The molecule has 6 heteroatoms. The van der Waals surface area contributed by atoms with E-state index in [4.69, 9.17) is 10.8 Å². The van der Waals surface area contributed by atoms with Gasteiger partial charge in [0, 0.05) is 12.6 Å². The number of hydrogen-bond acceptors (Lipinski definition) is 4. The molecule has 0 fully saturated rings. The van der Waals surface area contributed by atoms with E-state index in [1.807, 2.05) is 13.8 Å². The summed E-state index contributed by atoms with van der Waals surface area (Å²) < 4.78 is 31.9. The molecule has 0 unspecified atom stereocenters. The molecule has 1 N–H and O–H groups in total. The van der Waals surface area contributed by atoms with Crippen LogP contribution in [0.1, 0.15) is 31.8 Å². The molecule has 0 radical (unpaired) electrons. The number of nitrogens with one attached hydrogen (secondary N) is 1. The first kappa shape index (κ1) is 16.8. The maximum atomic E-state index is 12.6. The first-order chi connectivity index (χ1) is 9.47. The average Bonchev–Trinajstić information content (AvgIpc) is 2.78. The predicted molar refractivity (Wildman–Crippen MR) is 78.7 cm³/mol. The maximum Gasteiger partial charge on any atom is 0.247 e. The van der Waals surface area contributed by atoms with Crippen LogP contribution in [0.3, 0.4) is 0 Å². The molecule has 0 bridgehead atoms. The average molecular weight is 298 g/mol. The van der Waals surface area contributed by atoms with Crippen LogP contribution in [0.15, 0.2) is 15.4 Å². The van der Waals surface area contributed by atoms with Gasteiger partial charge in [-0.15, -0.1) is 6.42 Å². The molecular formula is C14H22N2O3S. The minimum absolute atomic E-state index is 0.0728. The largest absolute Gasteiger partial charge is 0.464 e. The van der Waals surface area contributed by atoms with Crippen LogP contribution in [0.5, 0.6) is 0 Å². The van der Waals surface area contributed by atoms with E-state index in [-0.39, 0.29) is 11.4 Å². The van der Waals surface area contributed by atoms with Crippen LogP contribution in [0.25, 0.3) is 0 Å². The fraction of sp³-hybridized carbons (Fsp3) is 0.571. The molecular weight excluding hydrogens is 276 g/mol. The molecule has 0 saturated carbocycles. The second kappa shape index (κ2) is 7.48. The van der Waals surface area contributed by atoms with Crippen LogP contribution < -0.4 is 5.32 Å². The van der Waals surface area contributed by atoms with Gasteiger partial charge in [-0.25, -0.2) is 8.42 Å². The van der Waals surface area contributed by atoms with Gasteiger partial charge in [0.25, 0.3) is 0 Å². The minimum Gasteiger partial charge on any atom is -0.464 e. The zero-order valence-corrected chi connectivity index (χ0v) is 13.1. The van der Waals surface area contributed by atoms with Crippen molar-refractivity contribution in [1.29, 1.82) is 0 Å². The summed E-state index contributed by atoms with van der Waals surface area (Å²) in [6.07, 6.45) is 5.96. The lowest BCUT2D eigenvalue weighted by Crippen LogP contribution is -2.32. The fourth-order valence-electron chi connectivity index (χ4n) is 1.89. The third kappa shape index (κ3) is 3.85. The summed E-state index contributed by atoms with van der Waals surface area (Å²) in [5.41, 5.74) is 0. The smallest absolute Gasteiger partial charge is 0.247 e. The molecule has 1 rings (SSSR count). The second-order valence-corrected chi connectivity index (χ2v) is 6.36. The van der Waals surface area contributed by atoms with Gasteiger partial charge in [0.15, 0.2) is 0 Å². The van der Waals surface area contributed by atoms with Crippen molar-refractivity contribution < 1.29 is 12.8 Å². The van der Waals surface area contributed by atoms with E-state index in [0.29, 0.717) is 31.0 Å². The Morgan fingerprint density at radius 3 is 2.70 bits per heavy atom. The van der Waals surface area contributed by atoms with Crippen LogP contribution >= 0.6 is 0 Å². The van der Waals surface area contributed by atoms with Gasteiger partial charge in [-0.3, -0.25) is 0 Å². The Hall–Kier alpha value is -1.29. The summed E-state index contributed by atoms with van der Waals surface area (Å²) in [5, 5.41) is 3.10. The number of aryl methyl sites for hydroxylation is 1. The van der Waals surface area contributed by atoms with Crippen molar-refractivity contribution in [1.82, 2.24) is 9.62 Å². The number of furan rings is 1. The lowest BCUT2D eigenvalue weighted by molar-refractivity contribution is 0.438. The van der Waals surface area contributed by atoms with Gasteiger partial charge in [-0.05, 0) is 19.9 Å². The molecule has 0 saturated heterocycles. The van der Waals surface area contributed by atoms with Crippen LogP contribution in [-0.2, 0) is 16.6 Å². The predicted octanol–water partition coefficient (Wildman–Crippen LogP) is 1.73. The van der Waals surface area contributed by atoms with Gasteiger partial charge in [0.1, 0.15) is 16.4 Å². The van der Waals surface area contributed by atoms with E-state index in [0.717, 1.165) is 6.54 Å². The summed E-state index contributed by atoms with van der Waals surface area (Å²) in [5.74, 6) is 3.40. The Labute approximate surface area is 121 Å². The van der Waals surface area contributed by atoms with Crippen molar-refractivity contribution in [2.75, 3.05) is 19.6 Å². The maximum absolute atomic E-state index is 12.6. The van der Waals surface area contributed by atoms with Crippen LogP contribution in [0.4, 0.5) is 0 Å². The first-order valence-electron chi connectivity index (χ1n) is 6.71. The Bertz CT molecular complexity index is 570. The third-order valence-corrected chi connectivity index (χ3v) is 4.78. The molecule has 0 aromatic carbocycles. The van der Waals surface area contributed by atoms with Gasteiger partial charge in [-0.2, -0.15) is 4.31 Å². The molecule has 0 aliphatic rings. The SMILES string of the molecule is C#CCN(CCC)S(=O)(=O)c1cc(CNCC)oc1C. The van der Waals surface area contributed by atoms with Crippen molar-refractivity contribution >= 4 is 10.0 Å². The molecule has 112 valence electrons. The Morgan fingerprint density at radius 1 is 1.45 bits per heavy atom. The van der Waals surface area contributed by atoms with E-state index >= 15 is 0 Å². The summed E-state index contributed by atoms with van der Waals surface area (Å²) in [6.45, 7) is 7.32. The van der Waals surface area contributed by atoms with Gasteiger partial charge in [-0.1, -0.05) is 19.8 Å². The van der Waals surface area contributed by atoms with Crippen LogP contribution in [0.2, 0.25) is 0 Å². The highest BCUT2D eigenvalue weighted by molar-refractivity contribution is 7.89. The standard InChI is InChI=1S/C14H22N2O3S/c1-5-8-16(9-6-2)20(17,18)14-10-13(11-15-7-3)19-12(14)4/h1,10,15H,6-9,11H2,2-4H3. The van der Waals surface area contributed by atoms with Crippen LogP contribution in [0, 0.1) is 19.3 Å². The number of hydrogen-bond donors (Lipinski definition) is 1. The minimum atomic E-state index is -3.59. The molecule has 0 spiro atoms. The number of rotatable bonds is 8. The van der Waals surface area contributed by atoms with Gasteiger partial charge in [0.05, 0.1) is 13.1 Å². The Morgan fingerprint density at radius 2 is 2.15 bits per heavy atom. The summed E-state index contributed by atoms with van der Waals surface area (Å²) in [7, 11) is -3.59. The fourth-order valence-corrected chi connectivity index (χ4v) is 3.52. The molecule has 1 heterocycles. The summed E-state index contributed by atoms with van der Waals surface area (Å²) in [6, 6.07) is 1.58. The monoisotopic (exact) mass is 298 g/mol. The normalized spacial score (nSPS) is 11.8. The molecule has 0 aliphatic heterocycles. The number of terminal acetylenes is 1. The van der Waals surface area contributed by atoms with Crippen molar-refractivity contribution in [2.45, 2.75) is 38.6 Å². The highest BCUT2D eigenvalue weighted by Gasteiger charge is 2.27. The molecule has 0 aliphatic carbocycles. The zero-order valence-electron chi connectivity index (χ0n) is 12.3. The quantitative estimate of drug-likeness (QED) is 0.743. The van der Waals surface area contributed by atoms with Gasteiger partial charge >= 0.3 is 0 Å². The number of nitrogens with zero attached hydrogens (tertiary/aromatic N) is 1. The molecule has 0 atom stereocenters. The van der Waals surface area contributed by atoms with Crippen molar-refractivity contribution in [3.05, 3.63) is 17.6 Å². The van der Waals surface area contributed by atoms with E-state index in [2.05, 4.69) is 11.2 Å². The molecule has 5 nitrogen and oxygen atoms in total. The van der Waals surface area contributed by atoms with E-state index in [1.165, 1.54) is 4.31 Å². The lowest BCUT2D eigenvalue weighted by atomic mass is 10.4. The van der Waals surface area contributed by atoms with Crippen molar-refractivity contribution in [3.8, 4) is 12.3 Å². The van der Waals surface area contributed by atoms with Gasteiger partial charge in [0.2, 0.25) is 10.0 Å². The first-order valence-corrected chi connectivity index (χ1v) is 8.15. The van der Waals surface area contributed by atoms with E-state index < -0.39 is 10.0 Å². The third-order valence-electron chi connectivity index (χ3n) is 2.83. The topological polar surface area (TPSA) is 62.6 Å². The summed E-state index contributed by atoms with van der Waals surface area (Å²) in [4.78, 5) is 0.203. The molecule has 20 heavy (non-hydrogen) atoms. The zero-order chi connectivity index (χ0) is 15.2. The molecule has 1 aromatic rings. The highest BCUT2D eigenvalue weighted by Crippen LogP contribution is 2.23. The van der Waals surface area contributed by atoms with Crippen molar-refractivity contribution in [2.24, 2.45) is 0 Å². The molecule has 0 amide bonds. The van der Waals surface area contributed by atoms with E-state index in [9.17, 15) is 8.42 Å². The van der Waals surface area contributed by atoms with E-state index in [1.54, 1.807) is 13.0 Å². The molecule has 1 aromatic heterocycles. The summed E-state index contributed by atoms with van der Waals surface area (Å²) >= 11 is 0. The lowest BCUT2D eigenvalue weighted by Gasteiger charge is -2.18. The highest BCUT2D eigenvalue weighted by atomic mass is 32.2. The van der Waals surface area contributed by atoms with Crippen LogP contribution in [-0.4, -0.2) is 32.4 Å².